The first-order chi connectivity index (χ1) is 22.0. The van der Waals surface area contributed by atoms with Crippen LogP contribution in [0.4, 0.5) is 0 Å². The molecule has 45 heavy (non-hydrogen) atoms. The summed E-state index contributed by atoms with van der Waals surface area (Å²) in [5, 5.41) is 25.7. The van der Waals surface area contributed by atoms with Gasteiger partial charge >= 0.3 is 0 Å². The lowest BCUT2D eigenvalue weighted by Crippen LogP contribution is -2.15. The van der Waals surface area contributed by atoms with Gasteiger partial charge in [0.15, 0.2) is 0 Å². The van der Waals surface area contributed by atoms with Gasteiger partial charge in [-0.2, -0.15) is 10.5 Å². The van der Waals surface area contributed by atoms with Crippen molar-refractivity contribution in [3.05, 3.63) is 144 Å². The van der Waals surface area contributed by atoms with Crippen LogP contribution in [0.1, 0.15) is 36.1 Å². The minimum atomic E-state index is -0.178. The quantitative estimate of drug-likeness (QED) is 0.206. The van der Waals surface area contributed by atoms with Crippen molar-refractivity contribution in [1.82, 2.24) is 9.13 Å². The fraction of sp³-hybridized carbons (Fsp3) is 0.0732. The number of hydrogen-bond donors (Lipinski definition) is 0. The molecule has 9 rings (SSSR count). The number of benzene rings is 6. The molecule has 210 valence electrons. The summed E-state index contributed by atoms with van der Waals surface area (Å²) < 4.78 is 4.33. The SMILES string of the molecule is CC1(C)c2ccccc2-c2cc3c4ccccc4n(-c4cc(C#N)cc(-n5c6ccccc6c6ccccc65)c4C#N)c3cc21. The molecular weight excluding hydrogens is 548 g/mol. The van der Waals surface area contributed by atoms with Gasteiger partial charge in [-0.3, -0.25) is 0 Å². The number of aromatic nitrogens is 2. The fourth-order valence-corrected chi connectivity index (χ4v) is 7.75. The van der Waals surface area contributed by atoms with Crippen LogP contribution in [-0.2, 0) is 5.41 Å². The Bertz CT molecular complexity index is 2600. The number of fused-ring (bicyclic) bond motifs is 9. The summed E-state index contributed by atoms with van der Waals surface area (Å²) in [5.41, 5.74) is 11.4. The van der Waals surface area contributed by atoms with Crippen LogP contribution < -0.4 is 0 Å². The lowest BCUT2D eigenvalue weighted by molar-refractivity contribution is 0.661. The Morgan fingerprint density at radius 3 is 1.58 bits per heavy atom. The van der Waals surface area contributed by atoms with E-state index in [0.29, 0.717) is 22.5 Å². The molecule has 0 atom stereocenters. The molecule has 1 aliphatic carbocycles. The molecule has 0 amide bonds. The number of nitriles is 2. The number of nitrogens with zero attached hydrogens (tertiary/aromatic N) is 4. The van der Waals surface area contributed by atoms with E-state index >= 15 is 0 Å². The Morgan fingerprint density at radius 2 is 1.00 bits per heavy atom. The molecule has 4 nitrogen and oxygen atoms in total. The molecule has 1 aliphatic rings. The van der Waals surface area contributed by atoms with E-state index in [2.05, 4.69) is 114 Å². The van der Waals surface area contributed by atoms with Crippen molar-refractivity contribution in [3.8, 4) is 34.6 Å². The molecule has 0 saturated carbocycles. The molecule has 2 aromatic heterocycles. The lowest BCUT2D eigenvalue weighted by Gasteiger charge is -2.22. The Morgan fingerprint density at radius 1 is 0.489 bits per heavy atom. The number of rotatable bonds is 2. The highest BCUT2D eigenvalue weighted by atomic mass is 15.0. The van der Waals surface area contributed by atoms with Gasteiger partial charge in [0, 0.05) is 27.0 Å². The molecule has 4 heteroatoms. The maximum atomic E-state index is 10.9. The molecule has 0 radical (unpaired) electrons. The highest BCUT2D eigenvalue weighted by Crippen LogP contribution is 2.51. The molecule has 0 aliphatic heterocycles. The molecule has 6 aromatic carbocycles. The van der Waals surface area contributed by atoms with Crippen LogP contribution in [0.25, 0.3) is 66.1 Å². The van der Waals surface area contributed by atoms with Gasteiger partial charge < -0.3 is 9.13 Å². The van der Waals surface area contributed by atoms with E-state index in [1.807, 2.05) is 42.5 Å². The van der Waals surface area contributed by atoms with E-state index in [0.717, 1.165) is 43.6 Å². The van der Waals surface area contributed by atoms with Crippen LogP contribution in [0.2, 0.25) is 0 Å². The van der Waals surface area contributed by atoms with Crippen molar-refractivity contribution in [3.63, 3.8) is 0 Å². The minimum absolute atomic E-state index is 0.178. The average Bonchev–Trinajstić information content (AvgIpc) is 3.67. The Hall–Kier alpha value is -6.10. The Labute approximate surface area is 260 Å². The van der Waals surface area contributed by atoms with E-state index in [4.69, 9.17) is 0 Å². The maximum absolute atomic E-state index is 10.9. The monoisotopic (exact) mass is 574 g/mol. The predicted octanol–water partition coefficient (Wildman–Crippen LogP) is 9.93. The van der Waals surface area contributed by atoms with E-state index < -0.39 is 0 Å². The molecule has 2 heterocycles. The first-order valence-corrected chi connectivity index (χ1v) is 15.2. The van der Waals surface area contributed by atoms with Crippen LogP contribution >= 0.6 is 0 Å². The largest absolute Gasteiger partial charge is 0.308 e. The molecule has 0 bridgehead atoms. The topological polar surface area (TPSA) is 57.4 Å². The fourth-order valence-electron chi connectivity index (χ4n) is 7.75. The van der Waals surface area contributed by atoms with Gasteiger partial charge in [0.05, 0.1) is 45.1 Å². The normalized spacial score (nSPS) is 13.2. The molecule has 0 spiro atoms. The lowest BCUT2D eigenvalue weighted by atomic mass is 9.82. The van der Waals surface area contributed by atoms with Gasteiger partial charge in [-0.15, -0.1) is 0 Å². The van der Waals surface area contributed by atoms with Crippen molar-refractivity contribution in [2.75, 3.05) is 0 Å². The van der Waals surface area contributed by atoms with Gasteiger partial charge in [-0.1, -0.05) is 92.7 Å². The standard InChI is InChI=1S/C41H26N4/c1-41(2)33-15-7-3-11-26(33)30-21-31-29-14-6-10-18-37(29)45(40(31)22-34(30)41)39-20-25(23-42)19-38(32(39)24-43)44-35-16-8-4-12-27(35)28-13-5-9-17-36(28)44/h3-22H,1-2H3. The van der Waals surface area contributed by atoms with Gasteiger partial charge in [0.25, 0.3) is 0 Å². The van der Waals surface area contributed by atoms with Crippen molar-refractivity contribution in [2.24, 2.45) is 0 Å². The second-order valence-electron chi connectivity index (χ2n) is 12.4. The van der Waals surface area contributed by atoms with Crippen molar-refractivity contribution >= 4 is 43.6 Å². The number of hydrogen-bond acceptors (Lipinski definition) is 2. The molecule has 0 saturated heterocycles. The minimum Gasteiger partial charge on any atom is -0.308 e. The van der Waals surface area contributed by atoms with Gasteiger partial charge in [-0.05, 0) is 64.7 Å². The summed E-state index contributed by atoms with van der Waals surface area (Å²) >= 11 is 0. The average molecular weight is 575 g/mol. The molecule has 0 N–H and O–H groups in total. The molecular formula is C41H26N4. The third-order valence-electron chi connectivity index (χ3n) is 9.78. The van der Waals surface area contributed by atoms with E-state index in [1.54, 1.807) is 0 Å². The second-order valence-corrected chi connectivity index (χ2v) is 12.4. The second kappa shape index (κ2) is 8.96. The summed E-state index contributed by atoms with van der Waals surface area (Å²) in [6.45, 7) is 4.57. The zero-order valence-corrected chi connectivity index (χ0v) is 24.8. The highest BCUT2D eigenvalue weighted by Gasteiger charge is 2.36. The number of para-hydroxylation sites is 3. The highest BCUT2D eigenvalue weighted by molar-refractivity contribution is 6.12. The summed E-state index contributed by atoms with van der Waals surface area (Å²) in [6.07, 6.45) is 0. The third-order valence-corrected chi connectivity index (χ3v) is 9.78. The van der Waals surface area contributed by atoms with Crippen molar-refractivity contribution in [1.29, 1.82) is 10.5 Å². The predicted molar refractivity (Wildman–Crippen MR) is 182 cm³/mol. The summed E-state index contributed by atoms with van der Waals surface area (Å²) in [7, 11) is 0. The van der Waals surface area contributed by atoms with Gasteiger partial charge in [0.1, 0.15) is 11.6 Å². The third kappa shape index (κ3) is 3.29. The van der Waals surface area contributed by atoms with Crippen LogP contribution in [0.5, 0.6) is 0 Å². The smallest absolute Gasteiger partial charge is 0.104 e. The maximum Gasteiger partial charge on any atom is 0.104 e. The summed E-state index contributed by atoms with van der Waals surface area (Å²) in [4.78, 5) is 0. The van der Waals surface area contributed by atoms with Gasteiger partial charge in [-0.25, -0.2) is 0 Å². The van der Waals surface area contributed by atoms with E-state index in [-0.39, 0.29) is 5.41 Å². The Balaban J connectivity index is 1.43. The molecule has 0 unspecified atom stereocenters. The van der Waals surface area contributed by atoms with Crippen LogP contribution in [0.3, 0.4) is 0 Å². The van der Waals surface area contributed by atoms with Crippen LogP contribution in [0.15, 0.2) is 121 Å². The molecule has 8 aromatic rings. The van der Waals surface area contributed by atoms with Crippen LogP contribution in [-0.4, -0.2) is 9.13 Å². The summed E-state index contributed by atoms with van der Waals surface area (Å²) in [5.74, 6) is 0. The summed E-state index contributed by atoms with van der Waals surface area (Å²) in [6, 6.07) is 46.9. The first-order valence-electron chi connectivity index (χ1n) is 15.2. The molecule has 0 fully saturated rings. The zero-order valence-electron chi connectivity index (χ0n) is 24.8. The van der Waals surface area contributed by atoms with E-state index in [9.17, 15) is 10.5 Å². The van der Waals surface area contributed by atoms with E-state index in [1.165, 1.54) is 22.3 Å². The zero-order chi connectivity index (χ0) is 30.4. The van der Waals surface area contributed by atoms with Gasteiger partial charge in [0.2, 0.25) is 0 Å². The first kappa shape index (κ1) is 25.4. The van der Waals surface area contributed by atoms with Crippen LogP contribution in [0, 0.1) is 22.7 Å². The van der Waals surface area contributed by atoms with Crippen molar-refractivity contribution < 1.29 is 0 Å². The van der Waals surface area contributed by atoms with Crippen molar-refractivity contribution in [2.45, 2.75) is 19.3 Å². The Kier molecular flexibility index (Phi) is 5.06.